The minimum atomic E-state index is -5.94. The molecule has 0 spiro atoms. The first-order chi connectivity index (χ1) is 45.0. The summed E-state index contributed by atoms with van der Waals surface area (Å²) in [5, 5.41) is 31.3. The molecule has 3 N–H and O–H groups in total. The second kappa shape index (κ2) is 25.1. The predicted molar refractivity (Wildman–Crippen MR) is 315 cm³/mol. The zero-order valence-corrected chi connectivity index (χ0v) is 50.8. The summed E-state index contributed by atoms with van der Waals surface area (Å²) in [5.74, 6) is -2.42. The number of alkyl halides is 3. The molecule has 6 fully saturated rings. The van der Waals surface area contributed by atoms with Gasteiger partial charge in [-0.15, -0.1) is 0 Å². The predicted octanol–water partition coefficient (Wildman–Crippen LogP) is 9.68. The Morgan fingerprint density at radius 2 is 0.840 bits per heavy atom. The summed E-state index contributed by atoms with van der Waals surface area (Å²) in [5.41, 5.74) is 0.276. The molecule has 30 nitrogen and oxygen atoms in total. The van der Waals surface area contributed by atoms with E-state index in [0.29, 0.717) is 79.5 Å². The van der Waals surface area contributed by atoms with Crippen LogP contribution >= 0.6 is 0 Å². The van der Waals surface area contributed by atoms with Gasteiger partial charge in [0.1, 0.15) is 0 Å². The maximum atomic E-state index is 12.4. The number of nitrogens with zero attached hydrogens (tertiary/aromatic N) is 8. The third-order valence-electron chi connectivity index (χ3n) is 15.8. The van der Waals surface area contributed by atoms with E-state index in [2.05, 4.69) is 70.9 Å². The minimum Gasteiger partial charge on any atom is -0.478 e. The Bertz CT molecular complexity index is 4940. The van der Waals surface area contributed by atoms with Gasteiger partial charge in [0, 0.05) is 59.4 Å². The zero-order valence-electron chi connectivity index (χ0n) is 49.9. The summed E-state index contributed by atoms with van der Waals surface area (Å²) in [6, 6.07) is 6.55. The van der Waals surface area contributed by atoms with Gasteiger partial charge in [-0.3, -0.25) is 19.6 Å². The highest BCUT2D eigenvalue weighted by molar-refractivity contribution is 7.88. The average Bonchev–Trinajstić information content (AvgIpc) is 1.64. The van der Waals surface area contributed by atoms with E-state index in [1.807, 2.05) is 6.07 Å². The molecule has 6 saturated carbocycles. The molecule has 10 heterocycles. The van der Waals surface area contributed by atoms with Crippen LogP contribution in [0.15, 0.2) is 69.1 Å². The second-order valence-electron chi connectivity index (χ2n) is 22.7. The standard InChI is InChI=1S/C14H14N2O3.C13H12N2O3.C12H9F3N2O6S.C11H10N2O4.C10H8N2O4/c1-18-14(17)9-6-10(7-2-3-7)15-13-11(9)12(16-19-13)8-4-5-8;1-3-8-6-9(13(16)17-2)10-11(7-4-5-7)15-18-12(10)14-8;1-21-11(18)6-4-7(23-24(19,20)12(13,14)15)16-10-8(6)9(17-22-10)5-2-3-5;1-16-11(15)6-4-7(14)12-10-8(6)9(13-17-10)5-2-3-5;13-6-3-5(10(14)15)7-8(4-1-2-4)12-16-9(7)11-6/h6-8H,2-5H2,1H3;3,6-7H,1,4-5H2,2H3;4-5H,2-3H2,1H3;4-5H,2-3H2,1H3,(H,12,14);3-4H,1-2H2,(H,11,13)(H,14,15). The number of methoxy groups -OCH3 is 4. The fourth-order valence-electron chi connectivity index (χ4n) is 10.3. The number of esters is 4. The van der Waals surface area contributed by atoms with Crippen molar-refractivity contribution < 1.29 is 96.4 Å². The van der Waals surface area contributed by atoms with E-state index in [1.165, 1.54) is 27.4 Å². The zero-order chi connectivity index (χ0) is 66.7. The first-order valence-corrected chi connectivity index (χ1v) is 30.6. The molecule has 0 radical (unpaired) electrons. The molecular weight excluding hydrogens is 1270 g/mol. The molecule has 6 aliphatic carbocycles. The monoisotopic (exact) mass is 1320 g/mol. The summed E-state index contributed by atoms with van der Waals surface area (Å²) in [4.78, 5) is 98.2. The molecule has 0 aliphatic heterocycles. The van der Waals surface area contributed by atoms with Gasteiger partial charge in [-0.2, -0.15) is 26.6 Å². The topological polar surface area (TPSA) is 420 Å². The highest BCUT2D eigenvalue weighted by Crippen LogP contribution is 2.48. The lowest BCUT2D eigenvalue weighted by Gasteiger charge is -2.09. The number of carboxylic acids is 1. The van der Waals surface area contributed by atoms with Crippen molar-refractivity contribution in [2.75, 3.05) is 28.4 Å². The van der Waals surface area contributed by atoms with Crippen molar-refractivity contribution in [3.8, 4) is 5.88 Å². The molecule has 0 aromatic carbocycles. The van der Waals surface area contributed by atoms with Crippen LogP contribution in [0.25, 0.3) is 61.6 Å². The fraction of sp³-hybridized carbons (Fsp3) is 0.383. The molecule has 16 rings (SSSR count). The van der Waals surface area contributed by atoms with E-state index in [9.17, 15) is 55.2 Å². The van der Waals surface area contributed by atoms with Crippen LogP contribution in [0, 0.1) is 0 Å². The highest BCUT2D eigenvalue weighted by atomic mass is 32.2. The van der Waals surface area contributed by atoms with Gasteiger partial charge in [0.05, 0.1) is 117 Å². The normalized spacial score (nSPS) is 15.9. The Hall–Kier alpha value is -10.7. The molecule has 34 heteroatoms. The molecule has 10 aromatic heterocycles. The van der Waals surface area contributed by atoms with E-state index in [4.69, 9.17) is 37.2 Å². The number of halogens is 3. The van der Waals surface area contributed by atoms with Crippen molar-refractivity contribution in [1.29, 1.82) is 0 Å². The summed E-state index contributed by atoms with van der Waals surface area (Å²) >= 11 is 0. The number of carbonyl (C=O) groups is 5. The minimum absolute atomic E-state index is 0.0399. The maximum Gasteiger partial charge on any atom is 0.534 e. The number of carbonyl (C=O) groups excluding carboxylic acids is 4. The number of pyridine rings is 5. The van der Waals surface area contributed by atoms with Crippen molar-refractivity contribution in [3.63, 3.8) is 0 Å². The Morgan fingerprint density at radius 1 is 0.500 bits per heavy atom. The van der Waals surface area contributed by atoms with E-state index in [0.717, 1.165) is 124 Å². The number of aromatic nitrogens is 10. The number of carboxylic acid groups (broad SMARTS) is 1. The van der Waals surface area contributed by atoms with Crippen LogP contribution in [0.2, 0.25) is 0 Å². The molecule has 0 amide bonds. The number of H-pyrrole nitrogens is 2. The Kier molecular flexibility index (Phi) is 16.9. The molecular formula is C60H53F3N10O20S. The van der Waals surface area contributed by atoms with Gasteiger partial charge in [-0.25, -0.2) is 33.9 Å². The molecule has 10 aromatic rings. The lowest BCUT2D eigenvalue weighted by atomic mass is 10.1. The smallest absolute Gasteiger partial charge is 0.478 e. The van der Waals surface area contributed by atoms with Gasteiger partial charge >= 0.3 is 45.5 Å². The third kappa shape index (κ3) is 13.1. The Balaban J connectivity index is 0.000000114. The van der Waals surface area contributed by atoms with Crippen molar-refractivity contribution >= 4 is 102 Å². The van der Waals surface area contributed by atoms with Gasteiger partial charge in [0.15, 0.2) is 0 Å². The lowest BCUT2D eigenvalue weighted by Crippen LogP contribution is -2.28. The van der Waals surface area contributed by atoms with Crippen LogP contribution < -0.4 is 15.3 Å². The quantitative estimate of drug-likeness (QED) is 0.0394. The van der Waals surface area contributed by atoms with Crippen LogP contribution in [-0.2, 0) is 29.1 Å². The van der Waals surface area contributed by atoms with Crippen LogP contribution in [-0.4, -0.2) is 128 Å². The van der Waals surface area contributed by atoms with Crippen LogP contribution in [0.5, 0.6) is 5.88 Å². The number of hydrogen-bond acceptors (Lipinski definition) is 27. The molecule has 490 valence electrons. The Morgan fingerprint density at radius 3 is 1.22 bits per heavy atom. The SMILES string of the molecule is C=Cc1cc(C(=O)OC)c2c(C3CC3)noc2n1.COC(=O)c1cc(=O)[nH]c2onc(C3CC3)c12.COC(=O)c1cc(C2CC2)nc2onc(C3CC3)c12.COC(=O)c1cc(OS(=O)(=O)C(F)(F)F)nc2onc(C3CC3)c12.O=C(O)c1cc(=O)[nH]c2onc(C3CC3)c12. The Labute approximate surface area is 524 Å². The summed E-state index contributed by atoms with van der Waals surface area (Å²) < 4.78 is 108. The first kappa shape index (κ1) is 63.5. The number of ether oxygens (including phenoxy) is 4. The summed E-state index contributed by atoms with van der Waals surface area (Å²) in [7, 11) is -0.851. The largest absolute Gasteiger partial charge is 0.534 e. The van der Waals surface area contributed by atoms with E-state index >= 15 is 0 Å². The van der Waals surface area contributed by atoms with E-state index < -0.39 is 56.5 Å². The molecule has 94 heavy (non-hydrogen) atoms. The fourth-order valence-corrected chi connectivity index (χ4v) is 10.7. The van der Waals surface area contributed by atoms with Gasteiger partial charge in [-0.1, -0.05) is 32.4 Å². The third-order valence-corrected chi connectivity index (χ3v) is 16.7. The summed E-state index contributed by atoms with van der Waals surface area (Å²) in [6.07, 6.45) is 13.8. The highest BCUT2D eigenvalue weighted by Gasteiger charge is 2.49. The van der Waals surface area contributed by atoms with Crippen LogP contribution in [0.4, 0.5) is 13.2 Å². The number of nitrogens with one attached hydrogen (secondary N) is 2. The molecule has 0 saturated heterocycles. The first-order valence-electron chi connectivity index (χ1n) is 29.2. The number of fused-ring (bicyclic) bond motifs is 5. The van der Waals surface area contributed by atoms with E-state index in [-0.39, 0.29) is 57.0 Å². The van der Waals surface area contributed by atoms with Gasteiger partial charge in [-0.05, 0) is 95.3 Å². The second-order valence-corrected chi connectivity index (χ2v) is 24.2. The number of rotatable bonds is 14. The van der Waals surface area contributed by atoms with Crippen molar-refractivity contribution in [3.05, 3.63) is 125 Å². The number of aromatic amines is 2. The van der Waals surface area contributed by atoms with Crippen LogP contribution in [0.3, 0.4) is 0 Å². The molecule has 0 bridgehead atoms. The van der Waals surface area contributed by atoms with Crippen LogP contribution in [0.1, 0.15) is 204 Å². The average molecular weight is 1320 g/mol. The molecule has 0 unspecified atom stereocenters. The van der Waals surface area contributed by atoms with Gasteiger partial charge < -0.3 is 50.9 Å². The van der Waals surface area contributed by atoms with Crippen molar-refractivity contribution in [2.45, 2.75) is 118 Å². The maximum absolute atomic E-state index is 12.4. The van der Waals surface area contributed by atoms with E-state index in [1.54, 1.807) is 12.1 Å². The summed E-state index contributed by atoms with van der Waals surface area (Å²) in [6.45, 7) is 3.64. The number of hydrogen-bond donors (Lipinski definition) is 3. The number of aromatic carboxylic acids is 1. The van der Waals surface area contributed by atoms with Crippen molar-refractivity contribution in [2.24, 2.45) is 0 Å². The van der Waals surface area contributed by atoms with Gasteiger partial charge in [0.2, 0.25) is 17.3 Å². The molecule has 0 atom stereocenters. The lowest BCUT2D eigenvalue weighted by molar-refractivity contribution is -0.0501. The molecule has 6 aliphatic rings. The van der Waals surface area contributed by atoms with Crippen molar-refractivity contribution in [1.82, 2.24) is 50.7 Å². The van der Waals surface area contributed by atoms with Gasteiger partial charge in [0.25, 0.3) is 28.3 Å².